The van der Waals surface area contributed by atoms with Crippen LogP contribution in [-0.4, -0.2) is 25.3 Å². The minimum absolute atomic E-state index is 0.0982. The minimum Gasteiger partial charge on any atom is -0.487 e. The van der Waals surface area contributed by atoms with Crippen molar-refractivity contribution in [3.05, 3.63) is 29.3 Å². The zero-order chi connectivity index (χ0) is 16.0. The maximum absolute atomic E-state index is 12.7. The second-order valence-electron chi connectivity index (χ2n) is 3.69. The van der Waals surface area contributed by atoms with Crippen LogP contribution in [0.1, 0.15) is 11.1 Å². The third kappa shape index (κ3) is 5.63. The van der Waals surface area contributed by atoms with E-state index in [-0.39, 0.29) is 5.56 Å². The van der Waals surface area contributed by atoms with Crippen LogP contribution in [0.15, 0.2) is 23.3 Å². The van der Waals surface area contributed by atoms with Crippen molar-refractivity contribution in [3.8, 4) is 5.75 Å². The summed E-state index contributed by atoms with van der Waals surface area (Å²) in [7, 11) is 0. The highest BCUT2D eigenvalue weighted by atomic mass is 19.4. The number of nitrogens with one attached hydrogen (secondary N) is 1. The second-order valence-corrected chi connectivity index (χ2v) is 3.69. The molecule has 116 valence electrons. The largest absolute Gasteiger partial charge is 0.487 e. The van der Waals surface area contributed by atoms with Gasteiger partial charge in [-0.1, -0.05) is 6.07 Å². The molecule has 0 aliphatic carbocycles. The number of carbonyl (C=O) groups excluding carboxylic acids is 1. The first kappa shape index (κ1) is 16.7. The monoisotopic (exact) mass is 311 g/mol. The van der Waals surface area contributed by atoms with Crippen LogP contribution in [0.4, 0.5) is 26.7 Å². The van der Waals surface area contributed by atoms with E-state index in [1.807, 2.05) is 5.43 Å². The number of halogens is 5. The highest BCUT2D eigenvalue weighted by Gasteiger charge is 2.34. The molecule has 5 nitrogen and oxygen atoms in total. The van der Waals surface area contributed by atoms with Gasteiger partial charge >= 0.3 is 12.2 Å². The van der Waals surface area contributed by atoms with Gasteiger partial charge in [-0.2, -0.15) is 18.3 Å². The van der Waals surface area contributed by atoms with Crippen LogP contribution in [0.25, 0.3) is 0 Å². The summed E-state index contributed by atoms with van der Waals surface area (Å²) in [5.74, 6) is -0.758. The Kier molecular flexibility index (Phi) is 5.44. The molecule has 0 aliphatic rings. The minimum atomic E-state index is -4.75. The van der Waals surface area contributed by atoms with Gasteiger partial charge in [0, 0.05) is 0 Å². The molecule has 0 heterocycles. The number of urea groups is 1. The van der Waals surface area contributed by atoms with Gasteiger partial charge in [-0.25, -0.2) is 19.0 Å². The number of alkyl halides is 5. The third-order valence-electron chi connectivity index (χ3n) is 2.06. The molecule has 0 radical (unpaired) electrons. The fourth-order valence-corrected chi connectivity index (χ4v) is 1.30. The van der Waals surface area contributed by atoms with E-state index >= 15 is 0 Å². The first-order valence-electron chi connectivity index (χ1n) is 5.41. The van der Waals surface area contributed by atoms with Gasteiger partial charge in [0.15, 0.2) is 0 Å². The zero-order valence-corrected chi connectivity index (χ0v) is 10.3. The summed E-state index contributed by atoms with van der Waals surface area (Å²) in [5.41, 5.74) is 5.47. The van der Waals surface area contributed by atoms with Gasteiger partial charge in [-0.15, -0.1) is 0 Å². The van der Waals surface area contributed by atoms with E-state index in [4.69, 9.17) is 5.73 Å². The van der Waals surface area contributed by atoms with E-state index in [1.165, 1.54) is 0 Å². The van der Waals surface area contributed by atoms with Crippen molar-refractivity contribution in [2.75, 3.05) is 6.61 Å². The molecule has 21 heavy (non-hydrogen) atoms. The van der Waals surface area contributed by atoms with E-state index in [9.17, 15) is 26.7 Å². The second kappa shape index (κ2) is 6.86. The van der Waals surface area contributed by atoms with Crippen molar-refractivity contribution < 1.29 is 31.5 Å². The molecule has 0 aromatic heterocycles. The Bertz CT molecular complexity index is 531. The molecule has 1 aromatic rings. The van der Waals surface area contributed by atoms with Crippen LogP contribution < -0.4 is 15.9 Å². The normalized spacial score (nSPS) is 11.9. The Hall–Kier alpha value is -2.39. The average molecular weight is 311 g/mol. The lowest BCUT2D eigenvalue weighted by Crippen LogP contribution is -2.24. The predicted molar refractivity (Wildman–Crippen MR) is 63.3 cm³/mol. The molecule has 0 fully saturated rings. The van der Waals surface area contributed by atoms with Crippen LogP contribution in [0.2, 0.25) is 0 Å². The van der Waals surface area contributed by atoms with Gasteiger partial charge in [0.2, 0.25) is 0 Å². The Morgan fingerprint density at radius 3 is 2.62 bits per heavy atom. The first-order valence-corrected chi connectivity index (χ1v) is 5.41. The van der Waals surface area contributed by atoms with E-state index in [0.29, 0.717) is 6.07 Å². The van der Waals surface area contributed by atoms with Crippen LogP contribution in [-0.2, 0) is 6.18 Å². The fourth-order valence-electron chi connectivity index (χ4n) is 1.30. The molecule has 0 saturated carbocycles. The zero-order valence-electron chi connectivity index (χ0n) is 10.3. The number of hydrogen-bond acceptors (Lipinski definition) is 3. The van der Waals surface area contributed by atoms with Crippen molar-refractivity contribution in [1.82, 2.24) is 5.43 Å². The first-order chi connectivity index (χ1) is 9.70. The van der Waals surface area contributed by atoms with Crippen LogP contribution in [0.5, 0.6) is 5.75 Å². The quantitative estimate of drug-likeness (QED) is 0.497. The summed E-state index contributed by atoms with van der Waals surface area (Å²) < 4.78 is 66.6. The maximum Gasteiger partial charge on any atom is 0.419 e. The number of benzene rings is 1. The molecule has 0 spiro atoms. The van der Waals surface area contributed by atoms with Gasteiger partial charge in [-0.3, -0.25) is 0 Å². The highest BCUT2D eigenvalue weighted by molar-refractivity contribution is 5.82. The molecule has 1 aromatic carbocycles. The van der Waals surface area contributed by atoms with Gasteiger partial charge in [0.25, 0.3) is 6.43 Å². The molecule has 10 heteroatoms. The van der Waals surface area contributed by atoms with Crippen LogP contribution in [0, 0.1) is 0 Å². The predicted octanol–water partition coefficient (Wildman–Crippen LogP) is 2.35. The van der Waals surface area contributed by atoms with Crippen LogP contribution in [0.3, 0.4) is 0 Å². The van der Waals surface area contributed by atoms with E-state index < -0.39 is 36.6 Å². The number of hydrazone groups is 1. The van der Waals surface area contributed by atoms with Gasteiger partial charge in [0.1, 0.15) is 12.4 Å². The molecule has 0 aliphatic heterocycles. The maximum atomic E-state index is 12.7. The summed E-state index contributed by atoms with van der Waals surface area (Å²) in [6, 6.07) is 1.60. The molecule has 3 N–H and O–H groups in total. The Balaban J connectivity index is 3.02. The van der Waals surface area contributed by atoms with Gasteiger partial charge in [-0.05, 0) is 17.7 Å². The lowest BCUT2D eigenvalue weighted by atomic mass is 10.1. The SMILES string of the molecule is NC(=O)NN=Cc1ccc(C(F)(F)F)c(OCC(F)F)c1. The molecule has 1 rings (SSSR count). The number of nitrogens with zero attached hydrogens (tertiary/aromatic N) is 1. The number of rotatable bonds is 5. The van der Waals surface area contributed by atoms with Gasteiger partial charge < -0.3 is 10.5 Å². The molecule has 0 bridgehead atoms. The smallest absolute Gasteiger partial charge is 0.419 e. The van der Waals surface area contributed by atoms with Crippen molar-refractivity contribution in [2.45, 2.75) is 12.6 Å². The number of amides is 2. The Labute approximate surface area is 115 Å². The molecular formula is C11H10F5N3O2. The lowest BCUT2D eigenvalue weighted by Gasteiger charge is -2.14. The number of ether oxygens (including phenoxy) is 1. The van der Waals surface area contributed by atoms with E-state index in [0.717, 1.165) is 18.3 Å². The topological polar surface area (TPSA) is 76.7 Å². The standard InChI is InChI=1S/C11H10F5N3O2/c12-9(13)5-21-8-3-6(4-18-19-10(17)20)1-2-7(8)11(14,15)16/h1-4,9H,5H2,(H3,17,19,20). The average Bonchev–Trinajstić information content (AvgIpc) is 2.34. The Morgan fingerprint density at radius 1 is 1.43 bits per heavy atom. The van der Waals surface area contributed by atoms with Crippen molar-refractivity contribution in [3.63, 3.8) is 0 Å². The van der Waals surface area contributed by atoms with E-state index in [2.05, 4.69) is 9.84 Å². The summed E-state index contributed by atoms with van der Waals surface area (Å²) >= 11 is 0. The summed E-state index contributed by atoms with van der Waals surface area (Å²) in [6.45, 7) is -1.18. The highest BCUT2D eigenvalue weighted by Crippen LogP contribution is 2.36. The summed E-state index contributed by atoms with van der Waals surface area (Å²) in [5, 5.41) is 3.33. The number of hydrogen-bond donors (Lipinski definition) is 2. The van der Waals surface area contributed by atoms with E-state index in [1.54, 1.807) is 0 Å². The van der Waals surface area contributed by atoms with Crippen molar-refractivity contribution in [1.29, 1.82) is 0 Å². The fraction of sp³-hybridized carbons (Fsp3) is 0.273. The van der Waals surface area contributed by atoms with Crippen molar-refractivity contribution >= 4 is 12.2 Å². The number of nitrogens with two attached hydrogens (primary N) is 1. The summed E-state index contributed by atoms with van der Waals surface area (Å²) in [4.78, 5) is 10.4. The van der Waals surface area contributed by atoms with Crippen molar-refractivity contribution in [2.24, 2.45) is 10.8 Å². The third-order valence-corrected chi connectivity index (χ3v) is 2.06. The van der Waals surface area contributed by atoms with Gasteiger partial charge in [0.05, 0.1) is 11.8 Å². The molecule has 0 unspecified atom stereocenters. The Morgan fingerprint density at radius 2 is 2.10 bits per heavy atom. The molecule has 2 amide bonds. The molecular weight excluding hydrogens is 301 g/mol. The number of carbonyl (C=O) groups is 1. The molecule has 0 saturated heterocycles. The summed E-state index contributed by atoms with van der Waals surface area (Å²) in [6.07, 6.45) is -6.68. The lowest BCUT2D eigenvalue weighted by molar-refractivity contribution is -0.139. The van der Waals surface area contributed by atoms with Crippen LogP contribution >= 0.6 is 0 Å². The molecule has 0 atom stereocenters. The number of primary amides is 1.